The number of hydrogen-bond acceptors (Lipinski definition) is 3. The van der Waals surface area contributed by atoms with E-state index in [2.05, 4.69) is 5.32 Å². The van der Waals surface area contributed by atoms with E-state index in [-0.39, 0.29) is 11.9 Å². The zero-order valence-electron chi connectivity index (χ0n) is 9.25. The van der Waals surface area contributed by atoms with E-state index in [1.54, 1.807) is 11.9 Å². The lowest BCUT2D eigenvalue weighted by Crippen LogP contribution is -2.55. The quantitative estimate of drug-likeness (QED) is 0.622. The summed E-state index contributed by atoms with van der Waals surface area (Å²) in [7, 11) is 1.57. The number of carbonyl (C=O) groups is 2. The van der Waals surface area contributed by atoms with Crippen LogP contribution in [0, 0.1) is 0 Å². The standard InChI is InChI=1S/C10H17N3O2/c1-3-13-9(15)12(2)8(14)10(13)4-6-11-7-5-10/h11H,3-7H2,1-2H3. The molecule has 0 atom stereocenters. The molecule has 0 unspecified atom stereocenters. The molecule has 0 saturated carbocycles. The number of nitrogens with zero attached hydrogens (tertiary/aromatic N) is 2. The van der Waals surface area contributed by atoms with Gasteiger partial charge in [-0.1, -0.05) is 0 Å². The van der Waals surface area contributed by atoms with Gasteiger partial charge >= 0.3 is 6.03 Å². The normalized spacial score (nSPS) is 25.5. The van der Waals surface area contributed by atoms with E-state index in [0.717, 1.165) is 25.9 Å². The predicted octanol–water partition coefficient (Wildman–Crippen LogP) is 0.0225. The van der Waals surface area contributed by atoms with Crippen molar-refractivity contribution in [3.63, 3.8) is 0 Å². The summed E-state index contributed by atoms with van der Waals surface area (Å²) in [6, 6.07) is -0.149. The summed E-state index contributed by atoms with van der Waals surface area (Å²) in [5, 5.41) is 3.22. The Balaban J connectivity index is 2.35. The summed E-state index contributed by atoms with van der Waals surface area (Å²) in [5.74, 6) is -0.0316. The molecular formula is C10H17N3O2. The van der Waals surface area contributed by atoms with Gasteiger partial charge in [0.05, 0.1) is 0 Å². The molecule has 15 heavy (non-hydrogen) atoms. The highest BCUT2D eigenvalue weighted by molar-refractivity contribution is 6.06. The highest BCUT2D eigenvalue weighted by atomic mass is 16.2. The SMILES string of the molecule is CCN1C(=O)N(C)C(=O)C12CCNCC2. The van der Waals surface area contributed by atoms with Crippen molar-refractivity contribution in [3.05, 3.63) is 0 Å². The molecule has 3 amide bonds. The molecule has 2 rings (SSSR count). The number of carbonyl (C=O) groups excluding carboxylic acids is 2. The molecule has 0 aliphatic carbocycles. The van der Waals surface area contributed by atoms with Crippen LogP contribution in [-0.2, 0) is 4.79 Å². The second-order valence-electron chi connectivity index (χ2n) is 4.17. The van der Waals surface area contributed by atoms with E-state index < -0.39 is 5.54 Å². The van der Waals surface area contributed by atoms with Gasteiger partial charge in [0.2, 0.25) is 0 Å². The third-order valence-electron chi connectivity index (χ3n) is 3.48. The minimum absolute atomic E-state index is 0.0316. The van der Waals surface area contributed by atoms with E-state index in [0.29, 0.717) is 6.54 Å². The van der Waals surface area contributed by atoms with Gasteiger partial charge in [0.15, 0.2) is 0 Å². The monoisotopic (exact) mass is 211 g/mol. The molecule has 84 valence electrons. The second kappa shape index (κ2) is 3.48. The molecule has 0 aromatic rings. The maximum atomic E-state index is 12.1. The average Bonchev–Trinajstić information content (AvgIpc) is 2.43. The zero-order valence-corrected chi connectivity index (χ0v) is 9.25. The Morgan fingerprint density at radius 3 is 2.47 bits per heavy atom. The van der Waals surface area contributed by atoms with E-state index in [1.165, 1.54) is 4.90 Å². The first-order chi connectivity index (χ1) is 7.13. The average molecular weight is 211 g/mol. The van der Waals surface area contributed by atoms with Crippen molar-refractivity contribution in [3.8, 4) is 0 Å². The number of hydrogen-bond donors (Lipinski definition) is 1. The Morgan fingerprint density at radius 1 is 1.33 bits per heavy atom. The van der Waals surface area contributed by atoms with Gasteiger partial charge in [-0.3, -0.25) is 9.69 Å². The van der Waals surface area contributed by atoms with Crippen LogP contribution >= 0.6 is 0 Å². The van der Waals surface area contributed by atoms with E-state index in [1.807, 2.05) is 6.92 Å². The number of imide groups is 1. The molecule has 0 radical (unpaired) electrons. The van der Waals surface area contributed by atoms with Crippen LogP contribution in [0.4, 0.5) is 4.79 Å². The Bertz CT molecular complexity index is 297. The Hall–Kier alpha value is -1.10. The smallest absolute Gasteiger partial charge is 0.317 e. The summed E-state index contributed by atoms with van der Waals surface area (Å²) in [6.45, 7) is 4.15. The summed E-state index contributed by atoms with van der Waals surface area (Å²) in [6.07, 6.45) is 1.46. The van der Waals surface area contributed by atoms with Gasteiger partial charge in [-0.2, -0.15) is 0 Å². The van der Waals surface area contributed by atoms with Crippen LogP contribution in [0.5, 0.6) is 0 Å². The fourth-order valence-electron chi connectivity index (χ4n) is 2.64. The van der Waals surface area contributed by atoms with Crippen molar-refractivity contribution >= 4 is 11.9 Å². The van der Waals surface area contributed by atoms with Crippen LogP contribution in [0.1, 0.15) is 19.8 Å². The molecule has 2 aliphatic rings. The Morgan fingerprint density at radius 2 is 1.93 bits per heavy atom. The second-order valence-corrected chi connectivity index (χ2v) is 4.17. The topological polar surface area (TPSA) is 52.7 Å². The van der Waals surface area contributed by atoms with Gasteiger partial charge in [-0.05, 0) is 32.9 Å². The number of amides is 3. The van der Waals surface area contributed by atoms with Gasteiger partial charge in [-0.25, -0.2) is 4.79 Å². The Kier molecular flexibility index (Phi) is 2.42. The number of rotatable bonds is 1. The van der Waals surface area contributed by atoms with Crippen LogP contribution in [0.3, 0.4) is 0 Å². The van der Waals surface area contributed by atoms with Gasteiger partial charge < -0.3 is 10.2 Å². The molecule has 1 N–H and O–H groups in total. The van der Waals surface area contributed by atoms with Crippen LogP contribution in [0.2, 0.25) is 0 Å². The molecule has 2 saturated heterocycles. The zero-order chi connectivity index (χ0) is 11.1. The highest BCUT2D eigenvalue weighted by Crippen LogP contribution is 2.34. The van der Waals surface area contributed by atoms with Crippen molar-refractivity contribution < 1.29 is 9.59 Å². The first-order valence-electron chi connectivity index (χ1n) is 5.44. The Labute approximate surface area is 89.4 Å². The summed E-state index contributed by atoms with van der Waals surface area (Å²) >= 11 is 0. The van der Waals surface area contributed by atoms with Gasteiger partial charge in [0.25, 0.3) is 5.91 Å². The number of urea groups is 1. The van der Waals surface area contributed by atoms with Crippen LogP contribution in [0.25, 0.3) is 0 Å². The van der Waals surface area contributed by atoms with Crippen LogP contribution in [-0.4, -0.2) is 54.0 Å². The molecule has 5 heteroatoms. The molecule has 2 heterocycles. The minimum atomic E-state index is -0.550. The predicted molar refractivity (Wildman–Crippen MR) is 55.4 cm³/mol. The molecule has 2 fully saturated rings. The summed E-state index contributed by atoms with van der Waals surface area (Å²) in [4.78, 5) is 26.9. The third kappa shape index (κ3) is 1.26. The lowest BCUT2D eigenvalue weighted by atomic mass is 9.87. The fourth-order valence-corrected chi connectivity index (χ4v) is 2.64. The highest BCUT2D eigenvalue weighted by Gasteiger charge is 2.55. The largest absolute Gasteiger partial charge is 0.327 e. The van der Waals surface area contributed by atoms with E-state index in [9.17, 15) is 9.59 Å². The molecule has 0 aromatic heterocycles. The molecule has 0 bridgehead atoms. The number of nitrogens with one attached hydrogen (secondary N) is 1. The van der Waals surface area contributed by atoms with Crippen molar-refractivity contribution in [2.24, 2.45) is 0 Å². The molecule has 0 aromatic carbocycles. The van der Waals surface area contributed by atoms with Crippen LogP contribution < -0.4 is 5.32 Å². The molecular weight excluding hydrogens is 194 g/mol. The molecule has 2 aliphatic heterocycles. The third-order valence-corrected chi connectivity index (χ3v) is 3.48. The molecule has 5 nitrogen and oxygen atoms in total. The van der Waals surface area contributed by atoms with Crippen molar-refractivity contribution in [1.29, 1.82) is 0 Å². The maximum absolute atomic E-state index is 12.1. The van der Waals surface area contributed by atoms with Crippen molar-refractivity contribution in [2.45, 2.75) is 25.3 Å². The van der Waals surface area contributed by atoms with E-state index >= 15 is 0 Å². The maximum Gasteiger partial charge on any atom is 0.327 e. The summed E-state index contributed by atoms with van der Waals surface area (Å²) in [5.41, 5.74) is -0.550. The van der Waals surface area contributed by atoms with Crippen molar-refractivity contribution in [1.82, 2.24) is 15.1 Å². The summed E-state index contributed by atoms with van der Waals surface area (Å²) < 4.78 is 0. The first-order valence-corrected chi connectivity index (χ1v) is 5.44. The van der Waals surface area contributed by atoms with E-state index in [4.69, 9.17) is 0 Å². The van der Waals surface area contributed by atoms with Crippen LogP contribution in [0.15, 0.2) is 0 Å². The fraction of sp³-hybridized carbons (Fsp3) is 0.800. The first kappa shape index (κ1) is 10.4. The molecule has 1 spiro atoms. The van der Waals surface area contributed by atoms with Crippen molar-refractivity contribution in [2.75, 3.05) is 26.7 Å². The van der Waals surface area contributed by atoms with Gasteiger partial charge in [0.1, 0.15) is 5.54 Å². The lowest BCUT2D eigenvalue weighted by Gasteiger charge is -2.37. The minimum Gasteiger partial charge on any atom is -0.317 e. The van der Waals surface area contributed by atoms with Gasteiger partial charge in [-0.15, -0.1) is 0 Å². The lowest BCUT2D eigenvalue weighted by molar-refractivity contribution is -0.133. The number of piperidine rings is 1. The van der Waals surface area contributed by atoms with Gasteiger partial charge in [0, 0.05) is 13.6 Å². The number of likely N-dealkylation sites (N-methyl/N-ethyl adjacent to an activating group) is 2.